The van der Waals surface area contributed by atoms with Gasteiger partial charge in [-0.3, -0.25) is 0 Å². The molecule has 23 heavy (non-hydrogen) atoms. The summed E-state index contributed by atoms with van der Waals surface area (Å²) in [6.07, 6.45) is 15.2. The second-order valence-corrected chi connectivity index (χ2v) is 10.0. The van der Waals surface area contributed by atoms with Gasteiger partial charge in [0.2, 0.25) is 0 Å². The molecule has 0 aromatic rings. The average molecular weight is 319 g/mol. The zero-order chi connectivity index (χ0) is 16.2. The van der Waals surface area contributed by atoms with Crippen molar-refractivity contribution in [2.75, 3.05) is 7.11 Å². The van der Waals surface area contributed by atoms with E-state index in [1.165, 1.54) is 64.2 Å². The van der Waals surface area contributed by atoms with Gasteiger partial charge in [-0.15, -0.1) is 0 Å². The molecule has 0 bridgehead atoms. The monoisotopic (exact) mass is 318 g/mol. The number of rotatable bonds is 2. The molecule has 1 heteroatoms. The van der Waals surface area contributed by atoms with Crippen molar-refractivity contribution in [2.24, 2.45) is 40.4 Å². The molecule has 4 saturated carbocycles. The number of ether oxygens (including phenoxy) is 1. The molecule has 0 saturated heterocycles. The Morgan fingerprint density at radius 2 is 1.61 bits per heavy atom. The summed E-state index contributed by atoms with van der Waals surface area (Å²) in [5, 5.41) is 0. The van der Waals surface area contributed by atoms with Crippen LogP contribution < -0.4 is 0 Å². The van der Waals surface area contributed by atoms with E-state index in [1.54, 1.807) is 0 Å². The minimum Gasteiger partial charge on any atom is -0.381 e. The standard InChI is InChI=1S/C22H38O/c1-5-15-7-9-19-18-8-6-16-14-17(23-4)10-12-22(16,3)20(18)11-13-21(15,19)2/h15-20H,5-14H2,1-4H3. The van der Waals surface area contributed by atoms with Crippen molar-refractivity contribution >= 4 is 0 Å². The van der Waals surface area contributed by atoms with Gasteiger partial charge in [-0.25, -0.2) is 0 Å². The van der Waals surface area contributed by atoms with Crippen LogP contribution in [0.1, 0.15) is 85.0 Å². The van der Waals surface area contributed by atoms with Gasteiger partial charge in [0.25, 0.3) is 0 Å². The van der Waals surface area contributed by atoms with Crippen molar-refractivity contribution in [1.29, 1.82) is 0 Å². The van der Waals surface area contributed by atoms with Crippen LogP contribution >= 0.6 is 0 Å². The Labute approximate surface area is 143 Å². The molecule has 4 fully saturated rings. The van der Waals surface area contributed by atoms with Gasteiger partial charge in [-0.1, -0.05) is 27.2 Å². The van der Waals surface area contributed by atoms with Crippen LogP contribution in [0.15, 0.2) is 0 Å². The summed E-state index contributed by atoms with van der Waals surface area (Å²) in [5.41, 5.74) is 1.31. The maximum absolute atomic E-state index is 5.74. The molecule has 0 aliphatic heterocycles. The van der Waals surface area contributed by atoms with Crippen molar-refractivity contribution in [3.8, 4) is 0 Å². The molecule has 8 atom stereocenters. The van der Waals surface area contributed by atoms with Crippen LogP contribution in [0.5, 0.6) is 0 Å². The van der Waals surface area contributed by atoms with Gasteiger partial charge in [0.1, 0.15) is 0 Å². The third-order valence-corrected chi connectivity index (χ3v) is 9.64. The molecular weight excluding hydrogens is 280 g/mol. The van der Waals surface area contributed by atoms with Crippen molar-refractivity contribution in [1.82, 2.24) is 0 Å². The summed E-state index contributed by atoms with van der Waals surface area (Å²) in [5.74, 6) is 5.07. The molecule has 4 rings (SSSR count). The second-order valence-electron chi connectivity index (χ2n) is 10.0. The Morgan fingerprint density at radius 3 is 2.35 bits per heavy atom. The van der Waals surface area contributed by atoms with Gasteiger partial charge >= 0.3 is 0 Å². The predicted molar refractivity (Wildman–Crippen MR) is 96.3 cm³/mol. The highest BCUT2D eigenvalue weighted by Crippen LogP contribution is 2.67. The quantitative estimate of drug-likeness (QED) is 0.600. The topological polar surface area (TPSA) is 9.23 Å². The van der Waals surface area contributed by atoms with Gasteiger partial charge in [-0.2, -0.15) is 0 Å². The van der Waals surface area contributed by atoms with E-state index in [1.807, 2.05) is 7.11 Å². The van der Waals surface area contributed by atoms with Gasteiger partial charge in [0.15, 0.2) is 0 Å². The zero-order valence-electron chi connectivity index (χ0n) is 15.9. The summed E-state index contributed by atoms with van der Waals surface area (Å²) in [4.78, 5) is 0. The lowest BCUT2D eigenvalue weighted by Crippen LogP contribution is -2.54. The Kier molecular flexibility index (Phi) is 4.11. The van der Waals surface area contributed by atoms with Gasteiger partial charge in [0, 0.05) is 7.11 Å². The van der Waals surface area contributed by atoms with Crippen LogP contribution in [0.4, 0.5) is 0 Å². The highest BCUT2D eigenvalue weighted by atomic mass is 16.5. The Balaban J connectivity index is 1.58. The molecule has 0 aromatic carbocycles. The van der Waals surface area contributed by atoms with Crippen LogP contribution in [0.3, 0.4) is 0 Å². The molecule has 4 aliphatic carbocycles. The third-order valence-electron chi connectivity index (χ3n) is 9.64. The number of hydrogen-bond acceptors (Lipinski definition) is 1. The smallest absolute Gasteiger partial charge is 0.0574 e. The Hall–Kier alpha value is -0.0400. The number of hydrogen-bond donors (Lipinski definition) is 0. The fourth-order valence-electron chi connectivity index (χ4n) is 8.21. The van der Waals surface area contributed by atoms with Gasteiger partial charge in [0.05, 0.1) is 6.10 Å². The van der Waals surface area contributed by atoms with Crippen LogP contribution in [0, 0.1) is 40.4 Å². The Bertz CT molecular complexity index is 445. The van der Waals surface area contributed by atoms with Crippen molar-refractivity contribution < 1.29 is 4.74 Å². The van der Waals surface area contributed by atoms with Crippen molar-refractivity contribution in [3.63, 3.8) is 0 Å². The van der Waals surface area contributed by atoms with Gasteiger partial charge in [-0.05, 0) is 98.2 Å². The SMILES string of the molecule is CCC1CCC2C3CCC4CC(OC)CCC4(C)C3CCC12C. The summed E-state index contributed by atoms with van der Waals surface area (Å²) in [6, 6.07) is 0. The van der Waals surface area contributed by atoms with Crippen LogP contribution in [-0.4, -0.2) is 13.2 Å². The van der Waals surface area contributed by atoms with Crippen molar-refractivity contribution in [2.45, 2.75) is 91.1 Å². The molecule has 0 aromatic heterocycles. The van der Waals surface area contributed by atoms with Crippen LogP contribution in [0.2, 0.25) is 0 Å². The largest absolute Gasteiger partial charge is 0.381 e. The first-order chi connectivity index (χ1) is 11.0. The molecule has 0 spiro atoms. The van der Waals surface area contributed by atoms with Crippen LogP contribution in [-0.2, 0) is 4.74 Å². The summed E-state index contributed by atoms with van der Waals surface area (Å²) >= 11 is 0. The van der Waals surface area contributed by atoms with Crippen LogP contribution in [0.25, 0.3) is 0 Å². The third kappa shape index (κ3) is 2.28. The van der Waals surface area contributed by atoms with E-state index in [9.17, 15) is 0 Å². The number of fused-ring (bicyclic) bond motifs is 5. The van der Waals surface area contributed by atoms with E-state index in [2.05, 4.69) is 20.8 Å². The van der Waals surface area contributed by atoms with Crippen molar-refractivity contribution in [3.05, 3.63) is 0 Å². The molecule has 132 valence electrons. The fraction of sp³-hybridized carbons (Fsp3) is 1.00. The zero-order valence-corrected chi connectivity index (χ0v) is 15.9. The lowest BCUT2D eigenvalue weighted by molar-refractivity contribution is -0.130. The van der Waals surface area contributed by atoms with E-state index in [-0.39, 0.29) is 0 Å². The highest BCUT2D eigenvalue weighted by Gasteiger charge is 2.59. The lowest BCUT2D eigenvalue weighted by atomic mass is 9.44. The summed E-state index contributed by atoms with van der Waals surface area (Å²) in [7, 11) is 1.93. The first-order valence-electron chi connectivity index (χ1n) is 10.6. The second kappa shape index (κ2) is 5.75. The minimum absolute atomic E-state index is 0.550. The highest BCUT2D eigenvalue weighted by molar-refractivity contribution is 5.09. The molecule has 8 unspecified atom stereocenters. The molecule has 0 amide bonds. The average Bonchev–Trinajstić information content (AvgIpc) is 2.90. The summed E-state index contributed by atoms with van der Waals surface area (Å²) < 4.78 is 5.74. The van der Waals surface area contributed by atoms with E-state index in [4.69, 9.17) is 4.74 Å². The van der Waals surface area contributed by atoms with Gasteiger partial charge < -0.3 is 4.74 Å². The molecule has 0 heterocycles. The molecule has 0 radical (unpaired) electrons. The lowest BCUT2D eigenvalue weighted by Gasteiger charge is -2.61. The van der Waals surface area contributed by atoms with E-state index < -0.39 is 0 Å². The Morgan fingerprint density at radius 1 is 0.870 bits per heavy atom. The van der Waals surface area contributed by atoms with E-state index in [0.717, 1.165) is 29.6 Å². The first-order valence-corrected chi connectivity index (χ1v) is 10.6. The molecule has 4 aliphatic rings. The molecule has 1 nitrogen and oxygen atoms in total. The maximum atomic E-state index is 5.74. The summed E-state index contributed by atoms with van der Waals surface area (Å²) in [6.45, 7) is 7.79. The van der Waals surface area contributed by atoms with E-state index >= 15 is 0 Å². The fourth-order valence-corrected chi connectivity index (χ4v) is 8.21. The first kappa shape index (κ1) is 16.4. The van der Waals surface area contributed by atoms with E-state index in [0.29, 0.717) is 16.9 Å². The number of methoxy groups -OCH3 is 1. The molecular formula is C22H38O. The normalized spacial score (nSPS) is 55.8. The maximum Gasteiger partial charge on any atom is 0.0574 e. The minimum atomic E-state index is 0.550. The predicted octanol–water partition coefficient (Wildman–Crippen LogP) is 6.07. The molecule has 0 N–H and O–H groups in total.